The van der Waals surface area contributed by atoms with Crippen LogP contribution in [0.3, 0.4) is 0 Å². The number of anilines is 2. The summed E-state index contributed by atoms with van der Waals surface area (Å²) in [5, 5.41) is 2.38. The highest BCUT2D eigenvalue weighted by molar-refractivity contribution is 7.92. The van der Waals surface area contributed by atoms with E-state index in [4.69, 9.17) is 0 Å². The fourth-order valence-corrected chi connectivity index (χ4v) is 3.97. The van der Waals surface area contributed by atoms with E-state index in [9.17, 15) is 17.6 Å². The first-order valence-electron chi connectivity index (χ1n) is 6.99. The lowest BCUT2D eigenvalue weighted by atomic mass is 10.1. The highest BCUT2D eigenvalue weighted by atomic mass is 32.2. The zero-order valence-corrected chi connectivity index (χ0v) is 13.4. The van der Waals surface area contributed by atoms with E-state index in [1.54, 1.807) is 12.1 Å². The number of aryl methyl sites for hydroxylation is 2. The van der Waals surface area contributed by atoms with Gasteiger partial charge in [0.25, 0.3) is 10.0 Å². The third-order valence-electron chi connectivity index (χ3n) is 3.88. The average molecular weight is 334 g/mol. The molecule has 1 aliphatic rings. The number of amides is 1. The molecule has 1 N–H and O–H groups in total. The number of hydrogen-bond acceptors (Lipinski definition) is 3. The number of benzene rings is 2. The van der Waals surface area contributed by atoms with E-state index in [-0.39, 0.29) is 22.8 Å². The van der Waals surface area contributed by atoms with Crippen molar-refractivity contribution in [3.05, 3.63) is 53.3 Å². The number of nitrogens with one attached hydrogen (secondary N) is 1. The number of carbonyl (C=O) groups excluding carboxylic acids is 1. The van der Waals surface area contributed by atoms with Crippen molar-refractivity contribution in [1.82, 2.24) is 0 Å². The Morgan fingerprint density at radius 3 is 2.57 bits per heavy atom. The van der Waals surface area contributed by atoms with Gasteiger partial charge in [-0.3, -0.25) is 9.10 Å². The van der Waals surface area contributed by atoms with E-state index >= 15 is 0 Å². The maximum absolute atomic E-state index is 13.9. The number of carbonyl (C=O) groups is 1. The van der Waals surface area contributed by atoms with Gasteiger partial charge in [-0.25, -0.2) is 12.8 Å². The molecule has 0 aromatic heterocycles. The molecule has 5 nitrogen and oxygen atoms in total. The zero-order chi connectivity index (χ0) is 16.8. The summed E-state index contributed by atoms with van der Waals surface area (Å²) in [5.74, 6) is -1.24. The van der Waals surface area contributed by atoms with Crippen molar-refractivity contribution < 1.29 is 17.6 Å². The van der Waals surface area contributed by atoms with Gasteiger partial charge < -0.3 is 5.32 Å². The molecule has 1 amide bonds. The molecule has 0 aliphatic carbocycles. The lowest BCUT2D eigenvalue weighted by Gasteiger charge is -2.30. The first kappa shape index (κ1) is 15.5. The smallest absolute Gasteiger partial charge is 0.264 e. The van der Waals surface area contributed by atoms with E-state index in [1.165, 1.54) is 24.3 Å². The maximum Gasteiger partial charge on any atom is 0.264 e. The number of fused-ring (bicyclic) bond motifs is 1. The van der Waals surface area contributed by atoms with Crippen LogP contribution in [0.5, 0.6) is 0 Å². The fourth-order valence-electron chi connectivity index (χ4n) is 2.45. The van der Waals surface area contributed by atoms with Gasteiger partial charge in [0, 0.05) is 0 Å². The monoisotopic (exact) mass is 334 g/mol. The summed E-state index contributed by atoms with van der Waals surface area (Å²) in [7, 11) is -3.96. The Kier molecular flexibility index (Phi) is 3.60. The molecule has 1 aliphatic heterocycles. The van der Waals surface area contributed by atoms with E-state index in [1.807, 2.05) is 13.8 Å². The fraction of sp³-hybridized carbons (Fsp3) is 0.188. The summed E-state index contributed by atoms with van der Waals surface area (Å²) >= 11 is 0. The van der Waals surface area contributed by atoms with Gasteiger partial charge in [0.15, 0.2) is 0 Å². The Bertz CT molecular complexity index is 910. The summed E-state index contributed by atoms with van der Waals surface area (Å²) < 4.78 is 40.6. The zero-order valence-electron chi connectivity index (χ0n) is 12.6. The molecular weight excluding hydrogens is 319 g/mol. The van der Waals surface area contributed by atoms with E-state index in [0.29, 0.717) is 0 Å². The Balaban J connectivity index is 2.16. The van der Waals surface area contributed by atoms with Gasteiger partial charge in [0.05, 0.1) is 10.6 Å². The molecule has 0 spiro atoms. The van der Waals surface area contributed by atoms with Gasteiger partial charge >= 0.3 is 0 Å². The van der Waals surface area contributed by atoms with Gasteiger partial charge in [-0.15, -0.1) is 0 Å². The third kappa shape index (κ3) is 2.57. The van der Waals surface area contributed by atoms with Crippen LogP contribution in [0, 0.1) is 19.7 Å². The summed E-state index contributed by atoms with van der Waals surface area (Å²) in [6, 6.07) is 8.80. The molecular formula is C16H15FN2O3S. The Morgan fingerprint density at radius 2 is 1.87 bits per heavy atom. The van der Waals surface area contributed by atoms with Crippen molar-refractivity contribution in [2.75, 3.05) is 16.2 Å². The highest BCUT2D eigenvalue weighted by Gasteiger charge is 2.33. The van der Waals surface area contributed by atoms with Gasteiger partial charge in [-0.2, -0.15) is 0 Å². The number of sulfonamides is 1. The quantitative estimate of drug-likeness (QED) is 0.918. The minimum atomic E-state index is -3.96. The number of halogens is 1. The van der Waals surface area contributed by atoms with Gasteiger partial charge in [-0.1, -0.05) is 12.1 Å². The normalized spacial score (nSPS) is 14.4. The van der Waals surface area contributed by atoms with Crippen molar-refractivity contribution >= 4 is 27.3 Å². The average Bonchev–Trinajstić information content (AvgIpc) is 2.50. The highest BCUT2D eigenvalue weighted by Crippen LogP contribution is 2.35. The molecule has 0 fully saturated rings. The molecule has 120 valence electrons. The van der Waals surface area contributed by atoms with Gasteiger partial charge in [0.2, 0.25) is 5.91 Å². The molecule has 0 saturated carbocycles. The van der Waals surface area contributed by atoms with Crippen LogP contribution in [0.25, 0.3) is 0 Å². The van der Waals surface area contributed by atoms with Crippen LogP contribution in [0.1, 0.15) is 11.1 Å². The van der Waals surface area contributed by atoms with E-state index < -0.39 is 21.7 Å². The van der Waals surface area contributed by atoms with Crippen LogP contribution in [-0.4, -0.2) is 20.9 Å². The molecule has 7 heteroatoms. The lowest BCUT2D eigenvalue weighted by Crippen LogP contribution is -2.42. The second-order valence-electron chi connectivity index (χ2n) is 5.44. The first-order chi connectivity index (χ1) is 10.8. The minimum Gasteiger partial charge on any atom is -0.320 e. The predicted molar refractivity (Wildman–Crippen MR) is 85.5 cm³/mol. The standard InChI is InChI=1S/C16H15FN2O3S/c1-10-6-7-12(8-11(10)2)23(21,22)19-9-15(20)18-16-13(17)4-3-5-14(16)19/h3-8H,9H2,1-2H3,(H,18,20). The van der Waals surface area contributed by atoms with E-state index in [2.05, 4.69) is 5.32 Å². The van der Waals surface area contributed by atoms with Crippen molar-refractivity contribution in [1.29, 1.82) is 0 Å². The molecule has 3 rings (SSSR count). The molecule has 2 aromatic carbocycles. The molecule has 0 unspecified atom stereocenters. The van der Waals surface area contributed by atoms with Crippen molar-refractivity contribution in [3.8, 4) is 0 Å². The van der Waals surface area contributed by atoms with Gasteiger partial charge in [0.1, 0.15) is 18.0 Å². The van der Waals surface area contributed by atoms with Crippen LogP contribution in [0.15, 0.2) is 41.3 Å². The first-order valence-corrected chi connectivity index (χ1v) is 8.43. The lowest BCUT2D eigenvalue weighted by molar-refractivity contribution is -0.115. The molecule has 23 heavy (non-hydrogen) atoms. The summed E-state index contributed by atoms with van der Waals surface area (Å²) in [4.78, 5) is 11.9. The Morgan fingerprint density at radius 1 is 1.13 bits per heavy atom. The van der Waals surface area contributed by atoms with E-state index in [0.717, 1.165) is 15.4 Å². The molecule has 0 atom stereocenters. The SMILES string of the molecule is Cc1ccc(S(=O)(=O)N2CC(=O)Nc3c(F)cccc32)cc1C. The van der Waals surface area contributed by atoms with Crippen LogP contribution >= 0.6 is 0 Å². The Hall–Kier alpha value is -2.41. The van der Waals surface area contributed by atoms with Crippen LogP contribution in [-0.2, 0) is 14.8 Å². The molecule has 0 saturated heterocycles. The second kappa shape index (κ2) is 5.34. The van der Waals surface area contributed by atoms with Crippen molar-refractivity contribution in [2.45, 2.75) is 18.7 Å². The van der Waals surface area contributed by atoms with Crippen molar-refractivity contribution in [3.63, 3.8) is 0 Å². The van der Waals surface area contributed by atoms with Crippen molar-refractivity contribution in [2.24, 2.45) is 0 Å². The topological polar surface area (TPSA) is 66.5 Å². The Labute approximate surface area is 133 Å². The van der Waals surface area contributed by atoms with Crippen LogP contribution in [0.2, 0.25) is 0 Å². The maximum atomic E-state index is 13.9. The summed E-state index contributed by atoms with van der Waals surface area (Å²) in [5.41, 5.74) is 1.80. The minimum absolute atomic E-state index is 0.0745. The number of para-hydroxylation sites is 1. The largest absolute Gasteiger partial charge is 0.320 e. The molecule has 1 heterocycles. The molecule has 0 radical (unpaired) electrons. The van der Waals surface area contributed by atoms with Crippen LogP contribution in [0.4, 0.5) is 15.8 Å². The van der Waals surface area contributed by atoms with Crippen LogP contribution < -0.4 is 9.62 Å². The summed E-state index contributed by atoms with van der Waals surface area (Å²) in [6.07, 6.45) is 0. The second-order valence-corrected chi connectivity index (χ2v) is 7.30. The number of nitrogens with zero attached hydrogens (tertiary/aromatic N) is 1. The van der Waals surface area contributed by atoms with Gasteiger partial charge in [-0.05, 0) is 49.2 Å². The third-order valence-corrected chi connectivity index (χ3v) is 5.63. The molecule has 2 aromatic rings. The predicted octanol–water partition coefficient (Wildman–Crippen LogP) is 2.59. The summed E-state index contributed by atoms with van der Waals surface area (Å²) in [6.45, 7) is 3.31. The molecule has 0 bridgehead atoms. The number of hydrogen-bond donors (Lipinski definition) is 1. The number of rotatable bonds is 2.